The zero-order chi connectivity index (χ0) is 30.3. The monoisotopic (exact) mass is 583 g/mol. The van der Waals surface area contributed by atoms with Crippen molar-refractivity contribution in [2.75, 3.05) is 17.2 Å². The zero-order valence-electron chi connectivity index (χ0n) is 24.0. The molecule has 0 bridgehead atoms. The van der Waals surface area contributed by atoms with Crippen molar-refractivity contribution in [1.82, 2.24) is 19.5 Å². The number of halogens is 2. The molecule has 220 valence electrons. The van der Waals surface area contributed by atoms with Gasteiger partial charge in [0.05, 0.1) is 23.4 Å². The van der Waals surface area contributed by atoms with E-state index in [0.717, 1.165) is 40.6 Å². The smallest absolute Gasteiger partial charge is 0.387 e. The highest BCUT2D eigenvalue weighted by molar-refractivity contribution is 6.42. The van der Waals surface area contributed by atoms with Crippen molar-refractivity contribution in [3.8, 4) is 0 Å². The van der Waals surface area contributed by atoms with E-state index in [0.29, 0.717) is 34.9 Å². The lowest BCUT2D eigenvalue weighted by atomic mass is 9.98. The minimum atomic E-state index is -2.84. The molecule has 1 amide bonds. The summed E-state index contributed by atoms with van der Waals surface area (Å²) in [6.45, 7) is 3.82. The first-order chi connectivity index (χ1) is 20.9. The van der Waals surface area contributed by atoms with Crippen LogP contribution in [0.1, 0.15) is 47.8 Å². The molecule has 0 fully saturated rings. The van der Waals surface area contributed by atoms with Gasteiger partial charge in [0.1, 0.15) is 6.61 Å². The molecule has 9 nitrogen and oxygen atoms in total. The summed E-state index contributed by atoms with van der Waals surface area (Å²) in [5.41, 5.74) is 5.20. The van der Waals surface area contributed by atoms with Crippen LogP contribution in [0.4, 0.5) is 20.1 Å². The van der Waals surface area contributed by atoms with Crippen molar-refractivity contribution in [1.29, 1.82) is 0 Å². The Bertz CT molecular complexity index is 1690. The Balaban J connectivity index is 1.56. The largest absolute Gasteiger partial charge is 0.679 e. The molecule has 0 unspecified atom stereocenters. The Labute approximate surface area is 248 Å². The van der Waals surface area contributed by atoms with Gasteiger partial charge in [-0.2, -0.15) is 0 Å². The molecule has 3 N–H and O–H groups in total. The molecule has 43 heavy (non-hydrogen) atoms. The molecule has 0 atom stereocenters. The maximum absolute atomic E-state index is 14.7. The van der Waals surface area contributed by atoms with Crippen LogP contribution in [0.15, 0.2) is 89.7 Å². The van der Waals surface area contributed by atoms with Gasteiger partial charge in [-0.05, 0) is 72.9 Å². The number of aryl methyl sites for hydroxylation is 2. The number of hydrogen-bond donors (Lipinski definition) is 3. The number of aliphatic hydroxyl groups excluding tert-OH is 1. The molecular weight excluding hydrogens is 551 g/mol. The molecule has 2 aromatic carbocycles. The topological polar surface area (TPSA) is 109 Å². The van der Waals surface area contributed by atoms with Gasteiger partial charge >= 0.3 is 7.40 Å². The van der Waals surface area contributed by atoms with Gasteiger partial charge in [0.2, 0.25) is 5.91 Å². The van der Waals surface area contributed by atoms with Gasteiger partial charge in [0.15, 0.2) is 5.84 Å². The fraction of sp³-hybridized carbons (Fsp3) is 0.226. The first kappa shape index (κ1) is 29.7. The maximum Gasteiger partial charge on any atom is 0.679 e. The predicted octanol–water partition coefficient (Wildman–Crippen LogP) is 5.32. The van der Waals surface area contributed by atoms with Gasteiger partial charge in [-0.15, -0.1) is 5.10 Å². The van der Waals surface area contributed by atoms with Crippen LogP contribution in [0.5, 0.6) is 0 Å². The third-order valence-corrected chi connectivity index (χ3v) is 7.14. The number of nitrogens with zero attached hydrogens (tertiary/aromatic N) is 5. The Kier molecular flexibility index (Phi) is 9.26. The lowest BCUT2D eigenvalue weighted by molar-refractivity contribution is -0.118. The van der Waals surface area contributed by atoms with Gasteiger partial charge in [-0.3, -0.25) is 13.4 Å². The molecule has 12 heteroatoms. The predicted molar refractivity (Wildman–Crippen MR) is 165 cm³/mol. The quantitative estimate of drug-likeness (QED) is 0.207. The van der Waals surface area contributed by atoms with Gasteiger partial charge in [-0.1, -0.05) is 55.0 Å². The van der Waals surface area contributed by atoms with Crippen LogP contribution in [0.3, 0.4) is 0 Å². The third kappa shape index (κ3) is 6.81. The van der Waals surface area contributed by atoms with E-state index < -0.39 is 19.9 Å². The second-order valence-corrected chi connectivity index (χ2v) is 10.1. The zero-order valence-corrected chi connectivity index (χ0v) is 24.0. The normalized spacial score (nSPS) is 13.7. The second kappa shape index (κ2) is 13.4. The van der Waals surface area contributed by atoms with E-state index in [-0.39, 0.29) is 11.5 Å². The third-order valence-electron chi connectivity index (χ3n) is 7.14. The Hall–Kier alpha value is -4.84. The number of aliphatic imine (C=N–C) groups is 1. The van der Waals surface area contributed by atoms with Crippen molar-refractivity contribution in [3.63, 3.8) is 0 Å². The van der Waals surface area contributed by atoms with E-state index >= 15 is 0 Å². The van der Waals surface area contributed by atoms with Crippen molar-refractivity contribution in [2.24, 2.45) is 4.99 Å². The van der Waals surface area contributed by atoms with E-state index in [1.54, 1.807) is 53.2 Å². The first-order valence-electron chi connectivity index (χ1n) is 14.1. The molecule has 0 spiro atoms. The summed E-state index contributed by atoms with van der Waals surface area (Å²) in [7, 11) is -2.84. The van der Waals surface area contributed by atoms with E-state index in [4.69, 9.17) is 10.1 Å². The molecule has 0 aliphatic carbocycles. The van der Waals surface area contributed by atoms with Crippen LogP contribution in [-0.4, -0.2) is 50.3 Å². The average molecular weight is 583 g/mol. The number of carbonyl (C=O) groups is 1. The van der Waals surface area contributed by atoms with Crippen LogP contribution in [0.2, 0.25) is 0 Å². The molecule has 2 aromatic heterocycles. The fourth-order valence-electron chi connectivity index (χ4n) is 4.85. The van der Waals surface area contributed by atoms with E-state index in [2.05, 4.69) is 27.9 Å². The molecule has 0 radical (unpaired) electrons. The summed E-state index contributed by atoms with van der Waals surface area (Å²) in [5.74, 6) is 0.227. The van der Waals surface area contributed by atoms with E-state index in [1.807, 2.05) is 37.4 Å². The summed E-state index contributed by atoms with van der Waals surface area (Å²) >= 11 is 0. The number of anilines is 2. The number of unbranched alkanes of at least 4 members (excludes halogenated alkanes) is 1. The molecule has 4 aromatic rings. The fourth-order valence-corrected chi connectivity index (χ4v) is 4.85. The first-order valence-corrected chi connectivity index (χ1v) is 14.1. The number of amides is 1. The second-order valence-electron chi connectivity index (χ2n) is 10.1. The van der Waals surface area contributed by atoms with Crippen LogP contribution >= 0.6 is 0 Å². The van der Waals surface area contributed by atoms with Crippen LogP contribution in [0.25, 0.3) is 5.57 Å². The minimum Gasteiger partial charge on any atom is -0.387 e. The standard InChI is InChI=1S/C31H32BF2N7O2/c1-3-4-9-25-19-40(39-38-25)29-16-14-26(37-29)31(22-10-12-24(13-11-22)36-30(43)20-42)27-15-17-28(41(27)32(33)34)35-18-23-8-6-5-7-21(23)2/h5-8,10-17,19,35,42H,3-4,9,18,20H2,1-2H3,(H,36,43)/b31-26-. The number of nitrogens with one attached hydrogen (secondary N) is 2. The van der Waals surface area contributed by atoms with Gasteiger partial charge < -0.3 is 20.2 Å². The number of aliphatic hydroxyl groups is 1. The van der Waals surface area contributed by atoms with Crippen LogP contribution in [-0.2, 0) is 17.8 Å². The summed E-state index contributed by atoms with van der Waals surface area (Å²) in [6, 6.07) is 17.8. The van der Waals surface area contributed by atoms with Crippen molar-refractivity contribution < 1.29 is 18.5 Å². The van der Waals surface area contributed by atoms with Crippen molar-refractivity contribution >= 4 is 36.2 Å². The summed E-state index contributed by atoms with van der Waals surface area (Å²) in [5, 5.41) is 23.3. The van der Waals surface area contributed by atoms with Crippen LogP contribution < -0.4 is 10.6 Å². The molecule has 0 saturated heterocycles. The minimum absolute atomic E-state index is 0.265. The van der Waals surface area contributed by atoms with Crippen molar-refractivity contribution in [3.05, 3.63) is 113 Å². The van der Waals surface area contributed by atoms with Gasteiger partial charge in [0, 0.05) is 23.5 Å². The number of aromatic nitrogens is 4. The van der Waals surface area contributed by atoms with Crippen LogP contribution in [0, 0.1) is 6.92 Å². The SMILES string of the molecule is CCCCc1cn(C2=N/C(=C(/c3ccc(NC(=O)CO)cc3)c3ccc(NCc4ccccc4C)n3B(F)F)C=C2)nn1. The Morgan fingerprint density at radius 2 is 1.84 bits per heavy atom. The number of benzene rings is 2. The number of rotatable bonds is 11. The molecular formula is C31H32BF2N7O2. The highest BCUT2D eigenvalue weighted by Crippen LogP contribution is 2.34. The Morgan fingerprint density at radius 1 is 1.05 bits per heavy atom. The van der Waals surface area contributed by atoms with Gasteiger partial charge in [0.25, 0.3) is 0 Å². The number of carbonyl (C=O) groups excluding carboxylic acids is 1. The molecule has 0 saturated carbocycles. The highest BCUT2D eigenvalue weighted by Gasteiger charge is 2.28. The lowest BCUT2D eigenvalue weighted by Gasteiger charge is -2.16. The molecule has 3 heterocycles. The maximum atomic E-state index is 14.7. The molecule has 1 aliphatic rings. The molecule has 1 aliphatic heterocycles. The van der Waals surface area contributed by atoms with Gasteiger partial charge in [-0.25, -0.2) is 9.67 Å². The summed E-state index contributed by atoms with van der Waals surface area (Å²) in [6.07, 6.45) is 8.21. The van der Waals surface area contributed by atoms with E-state index in [9.17, 15) is 13.4 Å². The molecule has 5 rings (SSSR count). The summed E-state index contributed by atoms with van der Waals surface area (Å²) in [4.78, 5) is 16.4. The Morgan fingerprint density at radius 3 is 2.56 bits per heavy atom. The summed E-state index contributed by atoms with van der Waals surface area (Å²) < 4.78 is 32.0. The van der Waals surface area contributed by atoms with E-state index in [1.165, 1.54) is 0 Å². The highest BCUT2D eigenvalue weighted by atomic mass is 19.2. The lowest BCUT2D eigenvalue weighted by Crippen LogP contribution is -2.19. The average Bonchev–Trinajstić information content (AvgIpc) is 3.77. The number of hydrogen-bond acceptors (Lipinski definition) is 6. The van der Waals surface area contributed by atoms with Crippen molar-refractivity contribution in [2.45, 2.75) is 39.7 Å². The number of allylic oxidation sites excluding steroid dienone is 2.